The topological polar surface area (TPSA) is 12.5 Å². The maximum atomic E-state index is 4.82. The molecule has 2 radical (unpaired) electrons. The summed E-state index contributed by atoms with van der Waals surface area (Å²) >= 11 is 0. The average molecular weight is 159 g/mol. The number of ether oxygens (including phenoxy) is 1. The van der Waals surface area contributed by atoms with E-state index >= 15 is 0 Å². The van der Waals surface area contributed by atoms with Gasteiger partial charge in [-0.3, -0.25) is 0 Å². The molecule has 0 saturated heterocycles. The number of nitrogens with zero attached hydrogens (tertiary/aromatic N) is 1. The van der Waals surface area contributed by atoms with Crippen molar-refractivity contribution in [1.82, 2.24) is 4.90 Å². The lowest BCUT2D eigenvalue weighted by atomic mass is 10.2. The van der Waals surface area contributed by atoms with Crippen molar-refractivity contribution in [2.24, 2.45) is 0 Å². The van der Waals surface area contributed by atoms with Gasteiger partial charge in [0, 0.05) is 12.7 Å². The van der Waals surface area contributed by atoms with E-state index in [2.05, 4.69) is 18.9 Å². The highest BCUT2D eigenvalue weighted by molar-refractivity contribution is 5.15. The molecule has 1 aromatic carbocycles. The molecule has 0 aromatic heterocycles. The van der Waals surface area contributed by atoms with Crippen LogP contribution >= 0.6 is 0 Å². The summed E-state index contributed by atoms with van der Waals surface area (Å²) in [5.74, 6) is 0. The van der Waals surface area contributed by atoms with E-state index in [1.165, 1.54) is 5.56 Å². The Bertz CT molecular complexity index is 268. The molecule has 0 spiro atoms. The molecular weight excluding hydrogens is 150 g/mol. The van der Waals surface area contributed by atoms with E-state index in [0.717, 1.165) is 6.54 Å². The molecule has 0 saturated carbocycles. The molecule has 12 heavy (non-hydrogen) atoms. The van der Waals surface area contributed by atoms with Crippen molar-refractivity contribution in [2.45, 2.75) is 6.54 Å². The summed E-state index contributed by atoms with van der Waals surface area (Å²) in [6.07, 6.45) is 3.47. The minimum absolute atomic E-state index is 0.817. The van der Waals surface area contributed by atoms with Gasteiger partial charge in [-0.05, 0) is 5.56 Å². The Labute approximate surface area is 72.1 Å². The van der Waals surface area contributed by atoms with Crippen LogP contribution in [0.5, 0.6) is 0 Å². The van der Waals surface area contributed by atoms with Crippen molar-refractivity contribution in [3.63, 3.8) is 0 Å². The predicted octanol–water partition coefficient (Wildman–Crippen LogP) is 1.99. The highest BCUT2D eigenvalue weighted by Gasteiger charge is 2.07. The zero-order valence-electron chi connectivity index (χ0n) is 6.60. The Balaban J connectivity index is 1.99. The Kier molecular flexibility index (Phi) is 1.99. The maximum absolute atomic E-state index is 4.82. The summed E-state index contributed by atoms with van der Waals surface area (Å²) in [4.78, 5) is 1.87. The van der Waals surface area contributed by atoms with Crippen LogP contribution in [0.3, 0.4) is 0 Å². The van der Waals surface area contributed by atoms with E-state index in [1.807, 2.05) is 29.3 Å². The van der Waals surface area contributed by atoms with Gasteiger partial charge in [0.05, 0.1) is 0 Å². The van der Waals surface area contributed by atoms with Crippen LogP contribution in [0.2, 0.25) is 0 Å². The van der Waals surface area contributed by atoms with E-state index in [1.54, 1.807) is 6.26 Å². The molecule has 1 aliphatic rings. The van der Waals surface area contributed by atoms with Crippen LogP contribution in [0.25, 0.3) is 0 Å². The molecule has 1 heterocycles. The molecular formula is C10H9NO. The Morgan fingerprint density at radius 2 is 2.08 bits per heavy atom. The molecule has 0 fully saturated rings. The molecule has 2 rings (SSSR count). The molecule has 2 nitrogen and oxygen atoms in total. The fourth-order valence-corrected chi connectivity index (χ4v) is 1.10. The van der Waals surface area contributed by atoms with Crippen molar-refractivity contribution >= 4 is 0 Å². The average Bonchev–Trinajstić information content (AvgIpc) is 2.59. The number of hydrogen-bond donors (Lipinski definition) is 0. The smallest absolute Gasteiger partial charge is 0.314 e. The van der Waals surface area contributed by atoms with Gasteiger partial charge < -0.3 is 9.64 Å². The van der Waals surface area contributed by atoms with Crippen molar-refractivity contribution < 1.29 is 4.74 Å². The van der Waals surface area contributed by atoms with Crippen LogP contribution in [-0.4, -0.2) is 4.90 Å². The predicted molar refractivity (Wildman–Crippen MR) is 45.5 cm³/mol. The summed E-state index contributed by atoms with van der Waals surface area (Å²) in [7, 11) is 0. The zero-order valence-corrected chi connectivity index (χ0v) is 6.60. The van der Waals surface area contributed by atoms with Gasteiger partial charge in [-0.25, -0.2) is 0 Å². The third-order valence-corrected chi connectivity index (χ3v) is 1.67. The number of hydrogen-bond acceptors (Lipinski definition) is 2. The first-order valence-electron chi connectivity index (χ1n) is 3.84. The van der Waals surface area contributed by atoms with Crippen molar-refractivity contribution in [1.29, 1.82) is 0 Å². The fraction of sp³-hybridized carbons (Fsp3) is 0.100. The molecule has 0 aliphatic carbocycles. The van der Waals surface area contributed by atoms with Crippen molar-refractivity contribution in [2.75, 3.05) is 0 Å². The summed E-state index contributed by atoms with van der Waals surface area (Å²) in [5, 5.41) is 0. The van der Waals surface area contributed by atoms with Gasteiger partial charge in [0.2, 0.25) is 0 Å². The van der Waals surface area contributed by atoms with Gasteiger partial charge in [-0.2, -0.15) is 0 Å². The molecule has 0 N–H and O–H groups in total. The standard InChI is InChI=1S/C10H9NO/c1-2-4-10(5-3-1)8-11-6-7-12-9-11/h1-7H,8H2. The second-order valence-electron chi connectivity index (χ2n) is 2.61. The minimum Gasteiger partial charge on any atom is -0.462 e. The molecule has 1 aliphatic heterocycles. The molecule has 60 valence electrons. The van der Waals surface area contributed by atoms with Crippen LogP contribution in [0.15, 0.2) is 42.8 Å². The van der Waals surface area contributed by atoms with Gasteiger partial charge in [0.1, 0.15) is 6.26 Å². The SMILES string of the molecule is [C]1OC=CN1Cc1ccccc1. The lowest BCUT2D eigenvalue weighted by molar-refractivity contribution is 0.253. The van der Waals surface area contributed by atoms with Crippen LogP contribution in [0.1, 0.15) is 5.56 Å². The highest BCUT2D eigenvalue weighted by Crippen LogP contribution is 2.11. The van der Waals surface area contributed by atoms with Crippen molar-refractivity contribution in [3.8, 4) is 0 Å². The van der Waals surface area contributed by atoms with Gasteiger partial charge in [-0.15, -0.1) is 0 Å². The third-order valence-electron chi connectivity index (χ3n) is 1.67. The summed E-state index contributed by atoms with van der Waals surface area (Å²) < 4.78 is 4.82. The van der Waals surface area contributed by atoms with Gasteiger partial charge >= 0.3 is 6.73 Å². The summed E-state index contributed by atoms with van der Waals surface area (Å²) in [6, 6.07) is 10.2. The quantitative estimate of drug-likeness (QED) is 0.654. The largest absolute Gasteiger partial charge is 0.462 e. The molecule has 0 atom stereocenters. The first-order valence-corrected chi connectivity index (χ1v) is 3.84. The first-order chi connectivity index (χ1) is 5.95. The van der Waals surface area contributed by atoms with E-state index < -0.39 is 0 Å². The summed E-state index contributed by atoms with van der Waals surface area (Å²) in [5.41, 5.74) is 1.25. The normalized spacial score (nSPS) is 14.8. The van der Waals surface area contributed by atoms with Crippen molar-refractivity contribution in [3.05, 3.63) is 55.1 Å². The van der Waals surface area contributed by atoms with Gasteiger partial charge in [0.15, 0.2) is 0 Å². The Morgan fingerprint density at radius 1 is 1.25 bits per heavy atom. The molecule has 1 aromatic rings. The third kappa shape index (κ3) is 1.59. The van der Waals surface area contributed by atoms with Gasteiger partial charge in [-0.1, -0.05) is 30.3 Å². The highest BCUT2D eigenvalue weighted by atomic mass is 16.5. The molecule has 0 amide bonds. The molecule has 0 unspecified atom stereocenters. The van der Waals surface area contributed by atoms with Crippen LogP contribution in [0.4, 0.5) is 0 Å². The Hall–Kier alpha value is -1.44. The zero-order chi connectivity index (χ0) is 8.23. The van der Waals surface area contributed by atoms with E-state index in [-0.39, 0.29) is 0 Å². The van der Waals surface area contributed by atoms with Crippen LogP contribution < -0.4 is 0 Å². The number of benzene rings is 1. The minimum atomic E-state index is 0.817. The van der Waals surface area contributed by atoms with Crippen LogP contribution in [0, 0.1) is 6.73 Å². The second kappa shape index (κ2) is 3.30. The number of rotatable bonds is 2. The maximum Gasteiger partial charge on any atom is 0.314 e. The van der Waals surface area contributed by atoms with E-state index in [9.17, 15) is 0 Å². The van der Waals surface area contributed by atoms with E-state index in [4.69, 9.17) is 4.74 Å². The molecule has 0 bridgehead atoms. The lowest BCUT2D eigenvalue weighted by Gasteiger charge is -2.10. The lowest BCUT2D eigenvalue weighted by Crippen LogP contribution is -2.09. The monoisotopic (exact) mass is 159 g/mol. The Morgan fingerprint density at radius 3 is 2.75 bits per heavy atom. The van der Waals surface area contributed by atoms with Crippen LogP contribution in [-0.2, 0) is 11.3 Å². The fourth-order valence-electron chi connectivity index (χ4n) is 1.10. The first kappa shape index (κ1) is 7.22. The summed E-state index contributed by atoms with van der Waals surface area (Å²) in [6.45, 7) is 3.54. The van der Waals surface area contributed by atoms with E-state index in [0.29, 0.717) is 0 Å². The second-order valence-corrected chi connectivity index (χ2v) is 2.61. The van der Waals surface area contributed by atoms with Gasteiger partial charge in [0.25, 0.3) is 0 Å². The molecule has 2 heteroatoms.